The summed E-state index contributed by atoms with van der Waals surface area (Å²) in [6.45, 7) is 9.78. The normalized spacial score (nSPS) is 20.5. The molecule has 90 valence electrons. The number of hydrogen-bond acceptors (Lipinski definition) is 3. The van der Waals surface area contributed by atoms with Crippen molar-refractivity contribution in [3.8, 4) is 0 Å². The van der Waals surface area contributed by atoms with E-state index in [4.69, 9.17) is 0 Å². The van der Waals surface area contributed by atoms with Gasteiger partial charge in [-0.1, -0.05) is 27.7 Å². The second kappa shape index (κ2) is 4.53. The molecule has 2 heterocycles. The fourth-order valence-electron chi connectivity index (χ4n) is 2.38. The summed E-state index contributed by atoms with van der Waals surface area (Å²) in [7, 11) is 0. The molecule has 4 heteroatoms. The van der Waals surface area contributed by atoms with E-state index in [9.17, 15) is 0 Å². The maximum absolute atomic E-state index is 4.30. The van der Waals surface area contributed by atoms with Gasteiger partial charge in [0, 0.05) is 31.0 Å². The molecule has 1 aromatic heterocycles. The van der Waals surface area contributed by atoms with Crippen LogP contribution in [0.3, 0.4) is 0 Å². The maximum atomic E-state index is 4.30. The van der Waals surface area contributed by atoms with E-state index in [2.05, 4.69) is 47.8 Å². The second-order valence-electron chi connectivity index (χ2n) is 5.30. The summed E-state index contributed by atoms with van der Waals surface area (Å²) in [6.07, 6.45) is 2.22. The minimum Gasteiger partial charge on any atom is -0.313 e. The average molecular weight is 222 g/mol. The molecule has 0 spiro atoms. The van der Waals surface area contributed by atoms with Crippen LogP contribution in [0.5, 0.6) is 0 Å². The van der Waals surface area contributed by atoms with Gasteiger partial charge in [-0.15, -0.1) is 10.2 Å². The van der Waals surface area contributed by atoms with Crippen molar-refractivity contribution in [3.63, 3.8) is 0 Å². The van der Waals surface area contributed by atoms with Gasteiger partial charge in [0.25, 0.3) is 0 Å². The first-order valence-electron chi connectivity index (χ1n) is 6.26. The van der Waals surface area contributed by atoms with Crippen LogP contribution in [0.15, 0.2) is 0 Å². The first-order valence-corrected chi connectivity index (χ1v) is 6.26. The molecule has 0 saturated carbocycles. The third-order valence-corrected chi connectivity index (χ3v) is 3.06. The first-order chi connectivity index (χ1) is 7.58. The zero-order valence-corrected chi connectivity index (χ0v) is 10.7. The van der Waals surface area contributed by atoms with Gasteiger partial charge < -0.3 is 9.88 Å². The number of nitrogens with one attached hydrogen (secondary N) is 1. The lowest BCUT2D eigenvalue weighted by atomic mass is 10.1. The molecule has 0 aromatic carbocycles. The minimum atomic E-state index is 0.457. The zero-order chi connectivity index (χ0) is 11.7. The summed E-state index contributed by atoms with van der Waals surface area (Å²) >= 11 is 0. The topological polar surface area (TPSA) is 42.7 Å². The lowest BCUT2D eigenvalue weighted by Crippen LogP contribution is -2.41. The molecule has 1 N–H and O–H groups in total. The van der Waals surface area contributed by atoms with Crippen molar-refractivity contribution >= 4 is 0 Å². The molecule has 0 saturated heterocycles. The Balaban J connectivity index is 2.14. The number of rotatable bonds is 3. The van der Waals surface area contributed by atoms with Gasteiger partial charge in [0.1, 0.15) is 11.6 Å². The van der Waals surface area contributed by atoms with Gasteiger partial charge in [-0.2, -0.15) is 0 Å². The molecule has 1 unspecified atom stereocenters. The first kappa shape index (κ1) is 11.6. The van der Waals surface area contributed by atoms with Gasteiger partial charge in [0.15, 0.2) is 0 Å². The third kappa shape index (κ3) is 2.26. The quantitative estimate of drug-likeness (QED) is 0.846. The summed E-state index contributed by atoms with van der Waals surface area (Å²) in [4.78, 5) is 0. The largest absolute Gasteiger partial charge is 0.313 e. The van der Waals surface area contributed by atoms with Crippen LogP contribution >= 0.6 is 0 Å². The molecule has 2 rings (SSSR count). The van der Waals surface area contributed by atoms with Gasteiger partial charge in [0.2, 0.25) is 0 Å². The van der Waals surface area contributed by atoms with E-state index in [0.717, 1.165) is 24.6 Å². The van der Waals surface area contributed by atoms with Crippen molar-refractivity contribution in [2.24, 2.45) is 0 Å². The van der Waals surface area contributed by atoms with Crippen LogP contribution in [0.4, 0.5) is 0 Å². The highest BCUT2D eigenvalue weighted by atomic mass is 15.3. The molecular weight excluding hydrogens is 200 g/mol. The molecular formula is C12H22N4. The van der Waals surface area contributed by atoms with E-state index in [0.29, 0.717) is 18.0 Å². The summed E-state index contributed by atoms with van der Waals surface area (Å²) in [5.41, 5.74) is 0. The highest BCUT2D eigenvalue weighted by Crippen LogP contribution is 2.20. The van der Waals surface area contributed by atoms with Crippen LogP contribution in [0, 0.1) is 0 Å². The summed E-state index contributed by atoms with van der Waals surface area (Å²) in [5.74, 6) is 2.75. The molecule has 0 amide bonds. The van der Waals surface area contributed by atoms with Crippen molar-refractivity contribution < 1.29 is 0 Å². The molecule has 4 nitrogen and oxygen atoms in total. The van der Waals surface area contributed by atoms with E-state index in [1.807, 2.05) is 0 Å². The van der Waals surface area contributed by atoms with Gasteiger partial charge in [0.05, 0.1) is 0 Å². The predicted octanol–water partition coefficient (Wildman–Crippen LogP) is 1.71. The Labute approximate surface area is 97.5 Å². The third-order valence-electron chi connectivity index (χ3n) is 3.06. The zero-order valence-electron chi connectivity index (χ0n) is 10.7. The number of aryl methyl sites for hydroxylation is 1. The second-order valence-corrected chi connectivity index (χ2v) is 5.30. The Morgan fingerprint density at radius 1 is 1.25 bits per heavy atom. The number of hydrogen-bond donors (Lipinski definition) is 1. The standard InChI is InChI=1S/C12H22N4/c1-8(2)12-15-14-11-6-5-10(7-16(11)12)13-9(3)4/h8-10,13H,5-7H2,1-4H3. The van der Waals surface area contributed by atoms with Gasteiger partial charge >= 0.3 is 0 Å². The van der Waals surface area contributed by atoms with Crippen LogP contribution in [0.25, 0.3) is 0 Å². The lowest BCUT2D eigenvalue weighted by molar-refractivity contribution is 0.350. The van der Waals surface area contributed by atoms with Crippen molar-refractivity contribution in [2.75, 3.05) is 0 Å². The molecule has 0 radical (unpaired) electrons. The van der Waals surface area contributed by atoms with Crippen LogP contribution in [-0.2, 0) is 13.0 Å². The van der Waals surface area contributed by atoms with Gasteiger partial charge in [-0.25, -0.2) is 0 Å². The van der Waals surface area contributed by atoms with Crippen molar-refractivity contribution in [2.45, 2.75) is 65.1 Å². The number of nitrogens with zero attached hydrogens (tertiary/aromatic N) is 3. The highest BCUT2D eigenvalue weighted by molar-refractivity contribution is 5.04. The molecule has 1 aliphatic rings. The summed E-state index contributed by atoms with van der Waals surface area (Å²) < 4.78 is 2.30. The molecule has 1 aromatic rings. The van der Waals surface area contributed by atoms with Crippen molar-refractivity contribution in [3.05, 3.63) is 11.6 Å². The Hall–Kier alpha value is -0.900. The van der Waals surface area contributed by atoms with Crippen LogP contribution < -0.4 is 5.32 Å². The summed E-state index contributed by atoms with van der Waals surface area (Å²) in [5, 5.41) is 12.2. The van der Waals surface area contributed by atoms with E-state index in [1.165, 1.54) is 6.42 Å². The SMILES string of the molecule is CC(C)NC1CCc2nnc(C(C)C)n2C1. The van der Waals surface area contributed by atoms with Crippen LogP contribution in [-0.4, -0.2) is 26.8 Å². The predicted molar refractivity (Wildman–Crippen MR) is 64.5 cm³/mol. The van der Waals surface area contributed by atoms with E-state index < -0.39 is 0 Å². The fraction of sp³-hybridized carbons (Fsp3) is 0.833. The fourth-order valence-corrected chi connectivity index (χ4v) is 2.38. The number of aromatic nitrogens is 3. The average Bonchev–Trinajstić information content (AvgIpc) is 2.59. The van der Waals surface area contributed by atoms with Crippen molar-refractivity contribution in [1.82, 2.24) is 20.1 Å². The Bertz CT molecular complexity index is 354. The maximum Gasteiger partial charge on any atom is 0.135 e. The van der Waals surface area contributed by atoms with Crippen molar-refractivity contribution in [1.29, 1.82) is 0 Å². The highest BCUT2D eigenvalue weighted by Gasteiger charge is 2.23. The van der Waals surface area contributed by atoms with Gasteiger partial charge in [-0.3, -0.25) is 0 Å². The molecule has 0 bridgehead atoms. The van der Waals surface area contributed by atoms with E-state index in [-0.39, 0.29) is 0 Å². The molecule has 0 aliphatic carbocycles. The molecule has 16 heavy (non-hydrogen) atoms. The lowest BCUT2D eigenvalue weighted by Gasteiger charge is -2.27. The molecule has 0 fully saturated rings. The Morgan fingerprint density at radius 2 is 2.00 bits per heavy atom. The minimum absolute atomic E-state index is 0.457. The summed E-state index contributed by atoms with van der Waals surface area (Å²) in [6, 6.07) is 1.12. The number of fused-ring (bicyclic) bond motifs is 1. The van der Waals surface area contributed by atoms with Crippen LogP contribution in [0.1, 0.15) is 51.7 Å². The smallest absolute Gasteiger partial charge is 0.135 e. The molecule has 1 atom stereocenters. The monoisotopic (exact) mass is 222 g/mol. The Morgan fingerprint density at radius 3 is 2.62 bits per heavy atom. The van der Waals surface area contributed by atoms with Crippen LogP contribution in [0.2, 0.25) is 0 Å². The van der Waals surface area contributed by atoms with Gasteiger partial charge in [-0.05, 0) is 6.42 Å². The molecule has 1 aliphatic heterocycles. The van der Waals surface area contributed by atoms with E-state index in [1.54, 1.807) is 0 Å². The van der Waals surface area contributed by atoms with E-state index >= 15 is 0 Å². The Kier molecular flexibility index (Phi) is 3.28.